The van der Waals surface area contributed by atoms with Crippen molar-refractivity contribution in [3.63, 3.8) is 0 Å². The number of likely N-dealkylation sites (tertiary alicyclic amines) is 1. The van der Waals surface area contributed by atoms with Gasteiger partial charge in [0, 0.05) is 18.6 Å². The molecule has 1 aliphatic rings. The van der Waals surface area contributed by atoms with Crippen LogP contribution in [0, 0.1) is 11.8 Å². The van der Waals surface area contributed by atoms with Crippen molar-refractivity contribution in [1.29, 1.82) is 0 Å². The van der Waals surface area contributed by atoms with Crippen molar-refractivity contribution >= 4 is 0 Å². The van der Waals surface area contributed by atoms with Crippen LogP contribution in [0.2, 0.25) is 0 Å². The molecule has 0 radical (unpaired) electrons. The second kappa shape index (κ2) is 7.61. The van der Waals surface area contributed by atoms with Crippen LogP contribution in [0.1, 0.15) is 40.5 Å². The van der Waals surface area contributed by atoms with Crippen molar-refractivity contribution in [2.75, 3.05) is 46.8 Å². The van der Waals surface area contributed by atoms with Gasteiger partial charge >= 0.3 is 0 Å². The first-order valence-electron chi connectivity index (χ1n) is 7.88. The van der Waals surface area contributed by atoms with E-state index in [4.69, 9.17) is 0 Å². The Labute approximate surface area is 120 Å². The summed E-state index contributed by atoms with van der Waals surface area (Å²) in [7, 11) is 4.52. The van der Waals surface area contributed by atoms with Gasteiger partial charge in [0.05, 0.1) is 0 Å². The van der Waals surface area contributed by atoms with Gasteiger partial charge in [0.25, 0.3) is 0 Å². The Kier molecular flexibility index (Phi) is 6.78. The zero-order chi connectivity index (χ0) is 14.5. The molecule has 3 nitrogen and oxygen atoms in total. The molecule has 0 spiro atoms. The van der Waals surface area contributed by atoms with Gasteiger partial charge in [-0.3, -0.25) is 0 Å². The van der Waals surface area contributed by atoms with Crippen LogP contribution in [0.4, 0.5) is 0 Å². The third kappa shape index (κ3) is 7.91. The third-order valence-corrected chi connectivity index (χ3v) is 4.01. The second-order valence-corrected chi connectivity index (χ2v) is 7.70. The fraction of sp³-hybridized carbons (Fsp3) is 1.00. The highest BCUT2D eigenvalue weighted by Crippen LogP contribution is 2.17. The molecule has 1 N–H and O–H groups in total. The van der Waals surface area contributed by atoms with Gasteiger partial charge in [-0.15, -0.1) is 0 Å². The molecule has 0 aromatic carbocycles. The molecule has 1 aliphatic heterocycles. The Hall–Kier alpha value is -0.120. The van der Waals surface area contributed by atoms with E-state index < -0.39 is 0 Å². The summed E-state index contributed by atoms with van der Waals surface area (Å²) in [4.78, 5) is 4.98. The Morgan fingerprint density at radius 1 is 1.26 bits per heavy atom. The average Bonchev–Trinajstić information content (AvgIpc) is 2.29. The largest absolute Gasteiger partial charge is 0.312 e. The zero-order valence-corrected chi connectivity index (χ0v) is 14.0. The summed E-state index contributed by atoms with van der Waals surface area (Å²) in [6, 6.07) is 0. The van der Waals surface area contributed by atoms with Gasteiger partial charge in [-0.25, -0.2) is 0 Å². The van der Waals surface area contributed by atoms with Gasteiger partial charge in [0.15, 0.2) is 0 Å². The Balaban J connectivity index is 2.17. The summed E-state index contributed by atoms with van der Waals surface area (Å²) in [5.74, 6) is 1.62. The number of nitrogens with zero attached hydrogens (tertiary/aromatic N) is 2. The molecule has 0 bridgehead atoms. The lowest BCUT2D eigenvalue weighted by Gasteiger charge is -2.33. The van der Waals surface area contributed by atoms with Crippen LogP contribution < -0.4 is 5.32 Å². The van der Waals surface area contributed by atoms with Crippen molar-refractivity contribution in [3.05, 3.63) is 0 Å². The van der Waals surface area contributed by atoms with E-state index in [1.165, 1.54) is 39.0 Å². The molecule has 1 unspecified atom stereocenters. The molecule has 3 heteroatoms. The maximum atomic E-state index is 3.60. The highest BCUT2D eigenvalue weighted by atomic mass is 15.1. The van der Waals surface area contributed by atoms with Crippen LogP contribution in [0.25, 0.3) is 0 Å². The monoisotopic (exact) mass is 269 g/mol. The number of rotatable bonds is 6. The number of nitrogens with one attached hydrogen (secondary N) is 1. The summed E-state index contributed by atoms with van der Waals surface area (Å²) < 4.78 is 0. The Bertz CT molecular complexity index is 239. The van der Waals surface area contributed by atoms with Crippen LogP contribution >= 0.6 is 0 Å². The maximum Gasteiger partial charge on any atom is 0.00966 e. The first-order chi connectivity index (χ1) is 8.76. The molecule has 1 heterocycles. The van der Waals surface area contributed by atoms with Crippen LogP contribution in [0.3, 0.4) is 0 Å². The molecule has 19 heavy (non-hydrogen) atoms. The van der Waals surface area contributed by atoms with Crippen LogP contribution in [0.15, 0.2) is 0 Å². The highest BCUT2D eigenvalue weighted by Gasteiger charge is 2.19. The molecular weight excluding hydrogens is 234 g/mol. The maximum absolute atomic E-state index is 3.60. The van der Waals surface area contributed by atoms with Crippen LogP contribution in [0.5, 0.6) is 0 Å². The van der Waals surface area contributed by atoms with Crippen molar-refractivity contribution < 1.29 is 0 Å². The predicted molar refractivity (Wildman–Crippen MR) is 84.6 cm³/mol. The van der Waals surface area contributed by atoms with E-state index >= 15 is 0 Å². The number of hydrogen-bond acceptors (Lipinski definition) is 3. The van der Waals surface area contributed by atoms with E-state index in [9.17, 15) is 0 Å². The molecule has 0 amide bonds. The topological polar surface area (TPSA) is 18.5 Å². The molecule has 114 valence electrons. The molecule has 1 fully saturated rings. The van der Waals surface area contributed by atoms with E-state index in [0.717, 1.165) is 18.4 Å². The van der Waals surface area contributed by atoms with E-state index in [2.05, 4.69) is 56.9 Å². The van der Waals surface area contributed by atoms with Gasteiger partial charge in [-0.1, -0.05) is 6.92 Å². The van der Waals surface area contributed by atoms with Gasteiger partial charge in [0.2, 0.25) is 0 Å². The van der Waals surface area contributed by atoms with Gasteiger partial charge < -0.3 is 15.1 Å². The molecular formula is C16H35N3. The molecule has 1 saturated heterocycles. The lowest BCUT2D eigenvalue weighted by molar-refractivity contribution is 0.165. The fourth-order valence-electron chi connectivity index (χ4n) is 2.84. The summed E-state index contributed by atoms with van der Waals surface area (Å²) in [6.45, 7) is 15.2. The van der Waals surface area contributed by atoms with Crippen molar-refractivity contribution in [2.45, 2.75) is 46.1 Å². The minimum Gasteiger partial charge on any atom is -0.312 e. The summed E-state index contributed by atoms with van der Waals surface area (Å²) in [5, 5.41) is 3.60. The first-order valence-corrected chi connectivity index (χ1v) is 7.88. The van der Waals surface area contributed by atoms with E-state index in [0.29, 0.717) is 0 Å². The van der Waals surface area contributed by atoms with E-state index in [-0.39, 0.29) is 5.54 Å². The molecule has 0 aromatic rings. The lowest BCUT2D eigenvalue weighted by atomic mass is 9.96. The van der Waals surface area contributed by atoms with Crippen molar-refractivity contribution in [1.82, 2.24) is 15.1 Å². The summed E-state index contributed by atoms with van der Waals surface area (Å²) in [5.41, 5.74) is 0.237. The fourth-order valence-corrected chi connectivity index (χ4v) is 2.84. The number of piperidine rings is 1. The standard InChI is InChI=1S/C16H35N3/c1-14(11-17-16(2,3)4)12-19(6)13-15-7-9-18(5)10-8-15/h14-15,17H,7-13H2,1-6H3. The SMILES string of the molecule is CC(CNC(C)(C)C)CN(C)CC1CCN(C)CC1. The minimum absolute atomic E-state index is 0.237. The van der Waals surface area contributed by atoms with Gasteiger partial charge in [-0.05, 0) is 79.2 Å². The van der Waals surface area contributed by atoms with Crippen molar-refractivity contribution in [3.8, 4) is 0 Å². The molecule has 1 rings (SSSR count). The van der Waals surface area contributed by atoms with Crippen molar-refractivity contribution in [2.24, 2.45) is 11.8 Å². The predicted octanol–water partition coefficient (Wildman–Crippen LogP) is 2.28. The minimum atomic E-state index is 0.237. The zero-order valence-electron chi connectivity index (χ0n) is 14.0. The second-order valence-electron chi connectivity index (χ2n) is 7.70. The average molecular weight is 269 g/mol. The molecule has 0 aromatic heterocycles. The quantitative estimate of drug-likeness (QED) is 0.798. The van der Waals surface area contributed by atoms with Crippen LogP contribution in [-0.4, -0.2) is 62.2 Å². The van der Waals surface area contributed by atoms with Gasteiger partial charge in [-0.2, -0.15) is 0 Å². The molecule has 0 saturated carbocycles. The smallest absolute Gasteiger partial charge is 0.00966 e. The van der Waals surface area contributed by atoms with Gasteiger partial charge in [0.1, 0.15) is 0 Å². The Morgan fingerprint density at radius 2 is 1.84 bits per heavy atom. The highest BCUT2D eigenvalue weighted by molar-refractivity contribution is 4.75. The molecule has 1 atom stereocenters. The van der Waals surface area contributed by atoms with E-state index in [1.807, 2.05) is 0 Å². The third-order valence-electron chi connectivity index (χ3n) is 4.01. The summed E-state index contributed by atoms with van der Waals surface area (Å²) >= 11 is 0. The van der Waals surface area contributed by atoms with E-state index in [1.54, 1.807) is 0 Å². The number of hydrogen-bond donors (Lipinski definition) is 1. The molecule has 0 aliphatic carbocycles. The normalized spacial score (nSPS) is 21.0. The first kappa shape index (κ1) is 16.9. The van der Waals surface area contributed by atoms with Crippen LogP contribution in [-0.2, 0) is 0 Å². The lowest BCUT2D eigenvalue weighted by Crippen LogP contribution is -2.42. The summed E-state index contributed by atoms with van der Waals surface area (Å²) in [6.07, 6.45) is 2.74. The Morgan fingerprint density at radius 3 is 2.37 bits per heavy atom.